The highest BCUT2D eigenvalue weighted by Gasteiger charge is 2.38. The fraction of sp³-hybridized carbons (Fsp3) is 0.677. The van der Waals surface area contributed by atoms with Gasteiger partial charge in [-0.25, -0.2) is 14.4 Å². The Morgan fingerprint density at radius 2 is 1.30 bits per heavy atom. The van der Waals surface area contributed by atoms with Crippen molar-refractivity contribution in [2.75, 3.05) is 20.3 Å². The molecular formula is C31H49NO11. The van der Waals surface area contributed by atoms with E-state index in [0.29, 0.717) is 36.7 Å². The molecular weight excluding hydrogens is 562 g/mol. The van der Waals surface area contributed by atoms with Crippen LogP contribution in [0.15, 0.2) is 18.2 Å². The van der Waals surface area contributed by atoms with Gasteiger partial charge in [0.1, 0.15) is 17.7 Å². The van der Waals surface area contributed by atoms with Gasteiger partial charge < -0.3 is 38.9 Å². The lowest BCUT2D eigenvalue weighted by Gasteiger charge is -2.29. The van der Waals surface area contributed by atoms with E-state index in [4.69, 9.17) is 38.9 Å². The molecule has 0 aliphatic rings. The van der Waals surface area contributed by atoms with Gasteiger partial charge in [-0.15, -0.1) is 0 Å². The first-order valence-electron chi connectivity index (χ1n) is 14.8. The molecule has 2 N–H and O–H groups in total. The molecule has 0 fully saturated rings. The summed E-state index contributed by atoms with van der Waals surface area (Å²) in [4.78, 5) is 49.7. The maximum Gasteiger partial charge on any atom is 0.513 e. The van der Waals surface area contributed by atoms with Crippen molar-refractivity contribution < 1.29 is 52.3 Å². The van der Waals surface area contributed by atoms with Crippen molar-refractivity contribution in [1.29, 1.82) is 0 Å². The van der Waals surface area contributed by atoms with Crippen LogP contribution in [-0.4, -0.2) is 62.5 Å². The van der Waals surface area contributed by atoms with Crippen LogP contribution < -0.4 is 15.2 Å². The molecule has 3 atom stereocenters. The molecule has 0 saturated heterocycles. The minimum Gasteiger partial charge on any atom is -0.468 e. The molecule has 1 aromatic carbocycles. The van der Waals surface area contributed by atoms with Crippen molar-refractivity contribution in [2.24, 2.45) is 17.6 Å². The summed E-state index contributed by atoms with van der Waals surface area (Å²) in [6, 6.07) is 4.33. The predicted octanol–water partition coefficient (Wildman–Crippen LogP) is 6.34. The number of nitrogens with two attached hydrogens (primary N) is 1. The minimum atomic E-state index is -1.64. The number of ether oxygens (including phenoxy) is 7. The van der Waals surface area contributed by atoms with E-state index in [1.807, 2.05) is 34.6 Å². The van der Waals surface area contributed by atoms with Gasteiger partial charge in [0.15, 0.2) is 11.5 Å². The van der Waals surface area contributed by atoms with Gasteiger partial charge in [-0.3, -0.25) is 4.79 Å². The summed E-state index contributed by atoms with van der Waals surface area (Å²) in [6.07, 6.45) is -1.39. The van der Waals surface area contributed by atoms with Gasteiger partial charge in [-0.1, -0.05) is 47.1 Å². The highest BCUT2D eigenvalue weighted by molar-refractivity contribution is 5.81. The second-order valence-electron chi connectivity index (χ2n) is 11.5. The molecule has 0 aliphatic carbocycles. The Balaban J connectivity index is 3.16. The molecule has 12 nitrogen and oxygen atoms in total. The summed E-state index contributed by atoms with van der Waals surface area (Å²) in [5.74, 6) is -0.362. The second kappa shape index (κ2) is 18.9. The van der Waals surface area contributed by atoms with E-state index in [1.54, 1.807) is 19.9 Å². The number of esters is 1. The quantitative estimate of drug-likeness (QED) is 0.118. The van der Waals surface area contributed by atoms with E-state index in [1.165, 1.54) is 19.2 Å². The number of methoxy groups -OCH3 is 1. The van der Waals surface area contributed by atoms with Crippen molar-refractivity contribution in [2.45, 2.75) is 105 Å². The zero-order valence-corrected chi connectivity index (χ0v) is 26.8. The Morgan fingerprint density at radius 1 is 0.767 bits per heavy atom. The van der Waals surface area contributed by atoms with Gasteiger partial charge in [-0.05, 0) is 62.6 Å². The van der Waals surface area contributed by atoms with Crippen LogP contribution in [0.4, 0.5) is 14.4 Å². The van der Waals surface area contributed by atoms with Crippen LogP contribution >= 0.6 is 0 Å². The standard InChI is InChI=1S/C31H49NO11/c1-9-10-22(6)40-30(36)41-23(7)18-31(32,27(33)37-8)19-24-11-12-25(42-28(34)38-15-13-20(2)3)26(17-24)43-29(35)39-16-14-21(4)5/h11-12,17,20-23H,9-10,13-16,18-19,32H2,1-8H3/t22-,23-,31?/m0/s1. The van der Waals surface area contributed by atoms with Gasteiger partial charge in [0, 0.05) is 12.8 Å². The fourth-order valence-electron chi connectivity index (χ4n) is 3.99. The van der Waals surface area contributed by atoms with E-state index in [2.05, 4.69) is 0 Å². The summed E-state index contributed by atoms with van der Waals surface area (Å²) >= 11 is 0. The normalized spacial score (nSPS) is 13.8. The molecule has 244 valence electrons. The largest absolute Gasteiger partial charge is 0.513 e. The lowest BCUT2D eigenvalue weighted by Crippen LogP contribution is -2.53. The van der Waals surface area contributed by atoms with Crippen molar-refractivity contribution in [3.05, 3.63) is 23.8 Å². The molecule has 0 heterocycles. The van der Waals surface area contributed by atoms with E-state index in [0.717, 1.165) is 6.42 Å². The van der Waals surface area contributed by atoms with Crippen molar-refractivity contribution in [1.82, 2.24) is 0 Å². The Labute approximate surface area is 254 Å². The van der Waals surface area contributed by atoms with Crippen LogP contribution in [0.25, 0.3) is 0 Å². The molecule has 1 aromatic rings. The highest BCUT2D eigenvalue weighted by Crippen LogP contribution is 2.32. The average Bonchev–Trinajstić information content (AvgIpc) is 2.88. The molecule has 0 spiro atoms. The number of hydrogen-bond acceptors (Lipinski definition) is 12. The van der Waals surface area contributed by atoms with E-state index in [9.17, 15) is 19.2 Å². The molecule has 12 heteroatoms. The monoisotopic (exact) mass is 611 g/mol. The molecule has 0 aliphatic heterocycles. The van der Waals surface area contributed by atoms with Gasteiger partial charge in [0.25, 0.3) is 0 Å². The first kappa shape index (κ1) is 37.5. The first-order chi connectivity index (χ1) is 20.2. The third-order valence-corrected chi connectivity index (χ3v) is 6.28. The van der Waals surface area contributed by atoms with Crippen molar-refractivity contribution >= 4 is 24.4 Å². The predicted molar refractivity (Wildman–Crippen MR) is 158 cm³/mol. The number of carbonyl (C=O) groups is 4. The topological polar surface area (TPSA) is 159 Å². The molecule has 0 amide bonds. The second-order valence-corrected chi connectivity index (χ2v) is 11.5. The van der Waals surface area contributed by atoms with E-state index in [-0.39, 0.29) is 43.7 Å². The number of benzene rings is 1. The third-order valence-electron chi connectivity index (χ3n) is 6.28. The SMILES string of the molecule is CCC[C@H](C)OC(=O)O[C@@H](C)CC(N)(Cc1ccc(OC(=O)OCCC(C)C)c(OC(=O)OCCC(C)C)c1)C(=O)OC. The molecule has 0 aromatic heterocycles. The highest BCUT2D eigenvalue weighted by atomic mass is 16.7. The summed E-state index contributed by atoms with van der Waals surface area (Å²) < 4.78 is 36.4. The van der Waals surface area contributed by atoms with Crippen LogP contribution in [0.3, 0.4) is 0 Å². The van der Waals surface area contributed by atoms with Crippen LogP contribution in [0, 0.1) is 11.8 Å². The Morgan fingerprint density at radius 3 is 1.81 bits per heavy atom. The van der Waals surface area contributed by atoms with Crippen LogP contribution in [0.2, 0.25) is 0 Å². The first-order valence-corrected chi connectivity index (χ1v) is 14.8. The smallest absolute Gasteiger partial charge is 0.468 e. The zero-order valence-electron chi connectivity index (χ0n) is 26.8. The van der Waals surface area contributed by atoms with Crippen molar-refractivity contribution in [3.63, 3.8) is 0 Å². The third kappa shape index (κ3) is 15.0. The summed E-state index contributed by atoms with van der Waals surface area (Å²) in [7, 11) is 1.19. The maximum atomic E-state index is 12.8. The lowest BCUT2D eigenvalue weighted by molar-refractivity contribution is -0.148. The van der Waals surface area contributed by atoms with Crippen LogP contribution in [0.5, 0.6) is 11.5 Å². The van der Waals surface area contributed by atoms with Gasteiger partial charge in [0.2, 0.25) is 0 Å². The molecule has 1 unspecified atom stereocenters. The molecule has 43 heavy (non-hydrogen) atoms. The minimum absolute atomic E-state index is 0.0968. The maximum absolute atomic E-state index is 12.8. The average molecular weight is 612 g/mol. The van der Waals surface area contributed by atoms with Crippen LogP contribution in [0.1, 0.15) is 86.1 Å². The van der Waals surface area contributed by atoms with Gasteiger partial charge >= 0.3 is 24.4 Å². The Hall–Kier alpha value is -3.54. The number of rotatable bonds is 17. The van der Waals surface area contributed by atoms with Gasteiger partial charge in [-0.2, -0.15) is 0 Å². The zero-order chi connectivity index (χ0) is 32.6. The summed E-state index contributed by atoms with van der Waals surface area (Å²) in [5.41, 5.74) is 5.30. The number of hydrogen-bond donors (Lipinski definition) is 1. The molecule has 0 bridgehead atoms. The van der Waals surface area contributed by atoms with E-state index < -0.39 is 36.1 Å². The Bertz CT molecular complexity index is 1040. The summed E-state index contributed by atoms with van der Waals surface area (Å²) in [5, 5.41) is 0. The molecule has 0 radical (unpaired) electrons. The lowest BCUT2D eigenvalue weighted by atomic mass is 9.86. The van der Waals surface area contributed by atoms with Crippen LogP contribution in [-0.2, 0) is 34.9 Å². The molecule has 1 rings (SSSR count). The van der Waals surface area contributed by atoms with Crippen molar-refractivity contribution in [3.8, 4) is 11.5 Å². The Kier molecular flexibility index (Phi) is 16.5. The molecule has 0 saturated carbocycles. The summed E-state index contributed by atoms with van der Waals surface area (Å²) in [6.45, 7) is 13.5. The van der Waals surface area contributed by atoms with Gasteiger partial charge in [0.05, 0.1) is 20.3 Å². The fourth-order valence-corrected chi connectivity index (χ4v) is 3.99. The number of carbonyl (C=O) groups excluding carboxylic acids is 4. The van der Waals surface area contributed by atoms with E-state index >= 15 is 0 Å².